The molecule has 0 saturated carbocycles. The average molecular weight is 433 g/mol. The first-order chi connectivity index (χ1) is 13.0. The van der Waals surface area contributed by atoms with Crippen molar-refractivity contribution in [3.05, 3.63) is 58.3 Å². The Bertz CT molecular complexity index is 950. The molecule has 0 unspecified atom stereocenters. The largest absolute Gasteiger partial charge is 0.497 e. The number of fused-ring (bicyclic) bond motifs is 1. The molecule has 2 amide bonds. The fraction of sp³-hybridized carbons (Fsp3) is 0.222. The molecule has 1 saturated heterocycles. The van der Waals surface area contributed by atoms with Crippen LogP contribution in [-0.4, -0.2) is 36.0 Å². The molecular formula is C18H14BrFN4O3. The minimum atomic E-state index is -0.896. The van der Waals surface area contributed by atoms with Crippen molar-refractivity contribution in [2.45, 2.75) is 18.6 Å². The van der Waals surface area contributed by atoms with Crippen LogP contribution in [0.15, 0.2) is 57.3 Å². The van der Waals surface area contributed by atoms with Crippen molar-refractivity contribution in [3.8, 4) is 5.75 Å². The van der Waals surface area contributed by atoms with Gasteiger partial charge < -0.3 is 4.74 Å². The van der Waals surface area contributed by atoms with Crippen LogP contribution < -0.4 is 9.64 Å². The SMILES string of the molecule is COc1ccc(Br)c(CN2N=N[C@@H]3C(=O)N(c4ccc(F)cc4)C(=O)[C@H]32)c1. The number of anilines is 1. The van der Waals surface area contributed by atoms with Gasteiger partial charge >= 0.3 is 0 Å². The highest BCUT2D eigenvalue weighted by Crippen LogP contribution is 2.34. The van der Waals surface area contributed by atoms with E-state index in [0.29, 0.717) is 11.4 Å². The molecule has 2 aromatic rings. The van der Waals surface area contributed by atoms with Crippen molar-refractivity contribution in [2.24, 2.45) is 10.3 Å². The molecule has 0 spiro atoms. The van der Waals surface area contributed by atoms with Gasteiger partial charge in [0.05, 0.1) is 19.3 Å². The predicted octanol–water partition coefficient (Wildman–Crippen LogP) is 3.09. The summed E-state index contributed by atoms with van der Waals surface area (Å²) in [6, 6.07) is 8.96. The summed E-state index contributed by atoms with van der Waals surface area (Å²) in [5.41, 5.74) is 1.16. The number of amides is 2. The summed E-state index contributed by atoms with van der Waals surface area (Å²) in [7, 11) is 1.57. The molecule has 0 radical (unpaired) electrons. The van der Waals surface area contributed by atoms with E-state index in [4.69, 9.17) is 4.74 Å². The molecule has 2 aliphatic heterocycles. The number of ether oxygens (including phenoxy) is 1. The maximum Gasteiger partial charge on any atom is 0.263 e. The van der Waals surface area contributed by atoms with Crippen LogP contribution in [0.1, 0.15) is 5.56 Å². The van der Waals surface area contributed by atoms with Gasteiger partial charge in [0.2, 0.25) is 0 Å². The van der Waals surface area contributed by atoms with Gasteiger partial charge in [0.15, 0.2) is 12.1 Å². The minimum absolute atomic E-state index is 0.277. The van der Waals surface area contributed by atoms with Gasteiger partial charge in [-0.05, 0) is 48.0 Å². The molecule has 0 aromatic heterocycles. The number of carbonyl (C=O) groups excluding carboxylic acids is 2. The van der Waals surface area contributed by atoms with E-state index in [2.05, 4.69) is 26.3 Å². The molecule has 4 rings (SSSR count). The Morgan fingerprint density at radius 1 is 1.15 bits per heavy atom. The molecule has 2 aromatic carbocycles. The smallest absolute Gasteiger partial charge is 0.263 e. The van der Waals surface area contributed by atoms with E-state index in [1.807, 2.05) is 18.2 Å². The molecule has 2 aliphatic rings. The van der Waals surface area contributed by atoms with Crippen molar-refractivity contribution in [1.82, 2.24) is 5.01 Å². The first-order valence-electron chi connectivity index (χ1n) is 8.13. The molecule has 1 fully saturated rings. The molecule has 27 heavy (non-hydrogen) atoms. The molecule has 0 N–H and O–H groups in total. The standard InChI is InChI=1S/C18H14BrFN4O3/c1-27-13-6-7-14(19)10(8-13)9-23-16-15(21-22-23)17(25)24(18(16)26)12-4-2-11(20)3-5-12/h2-8,15-16H,9H2,1H3/t15-,16-/m0/s1. The van der Waals surface area contributed by atoms with E-state index < -0.39 is 29.7 Å². The van der Waals surface area contributed by atoms with Crippen LogP contribution >= 0.6 is 15.9 Å². The lowest BCUT2D eigenvalue weighted by molar-refractivity contribution is -0.123. The molecule has 7 nitrogen and oxygen atoms in total. The second-order valence-electron chi connectivity index (χ2n) is 6.14. The molecule has 2 atom stereocenters. The summed E-state index contributed by atoms with van der Waals surface area (Å²) < 4.78 is 19.2. The number of imide groups is 1. The third-order valence-corrected chi connectivity index (χ3v) is 5.30. The van der Waals surface area contributed by atoms with E-state index in [9.17, 15) is 14.0 Å². The van der Waals surface area contributed by atoms with Crippen LogP contribution in [0.5, 0.6) is 5.75 Å². The monoisotopic (exact) mass is 432 g/mol. The average Bonchev–Trinajstić information content (AvgIpc) is 3.18. The lowest BCUT2D eigenvalue weighted by Gasteiger charge is -2.21. The summed E-state index contributed by atoms with van der Waals surface area (Å²) in [5.74, 6) is -0.668. The Morgan fingerprint density at radius 2 is 1.89 bits per heavy atom. The van der Waals surface area contributed by atoms with Crippen LogP contribution in [0.4, 0.5) is 10.1 Å². The third kappa shape index (κ3) is 2.97. The maximum atomic E-state index is 13.2. The quantitative estimate of drug-likeness (QED) is 0.695. The van der Waals surface area contributed by atoms with Gasteiger partial charge in [-0.25, -0.2) is 9.29 Å². The highest BCUT2D eigenvalue weighted by Gasteiger charge is 2.54. The number of hydrogen-bond acceptors (Lipinski definition) is 6. The van der Waals surface area contributed by atoms with Crippen LogP contribution in [0.3, 0.4) is 0 Å². The number of rotatable bonds is 4. The van der Waals surface area contributed by atoms with E-state index in [-0.39, 0.29) is 6.54 Å². The number of hydrogen-bond donors (Lipinski definition) is 0. The zero-order valence-corrected chi connectivity index (χ0v) is 15.8. The Balaban J connectivity index is 1.61. The van der Waals surface area contributed by atoms with Crippen LogP contribution in [0.25, 0.3) is 0 Å². The first kappa shape index (κ1) is 17.6. The van der Waals surface area contributed by atoms with E-state index in [0.717, 1.165) is 14.9 Å². The lowest BCUT2D eigenvalue weighted by Crippen LogP contribution is -2.39. The Hall–Kier alpha value is -2.81. The fourth-order valence-electron chi connectivity index (χ4n) is 3.17. The van der Waals surface area contributed by atoms with Crippen LogP contribution in [-0.2, 0) is 16.1 Å². The van der Waals surface area contributed by atoms with Crippen molar-refractivity contribution in [3.63, 3.8) is 0 Å². The van der Waals surface area contributed by atoms with Gasteiger partial charge in [0.25, 0.3) is 11.8 Å². The first-order valence-corrected chi connectivity index (χ1v) is 8.92. The summed E-state index contributed by atoms with van der Waals surface area (Å²) >= 11 is 3.47. The Labute approximate surface area is 162 Å². The van der Waals surface area contributed by atoms with E-state index in [1.54, 1.807) is 7.11 Å². The molecular weight excluding hydrogens is 419 g/mol. The normalized spacial score (nSPS) is 21.1. The number of halogens is 2. The molecule has 0 bridgehead atoms. The van der Waals surface area contributed by atoms with Crippen molar-refractivity contribution < 1.29 is 18.7 Å². The topological polar surface area (TPSA) is 74.6 Å². The van der Waals surface area contributed by atoms with Gasteiger partial charge in [-0.1, -0.05) is 21.2 Å². The number of carbonyl (C=O) groups is 2. The van der Waals surface area contributed by atoms with Crippen molar-refractivity contribution in [1.29, 1.82) is 0 Å². The molecule has 9 heteroatoms. The van der Waals surface area contributed by atoms with E-state index >= 15 is 0 Å². The highest BCUT2D eigenvalue weighted by molar-refractivity contribution is 9.10. The minimum Gasteiger partial charge on any atom is -0.497 e. The zero-order chi connectivity index (χ0) is 19.1. The van der Waals surface area contributed by atoms with Gasteiger partial charge in [0.1, 0.15) is 11.6 Å². The van der Waals surface area contributed by atoms with Gasteiger partial charge in [-0.2, -0.15) is 5.11 Å². The third-order valence-electron chi connectivity index (χ3n) is 4.53. The van der Waals surface area contributed by atoms with Gasteiger partial charge in [-0.15, -0.1) is 0 Å². The number of benzene rings is 2. The number of methoxy groups -OCH3 is 1. The van der Waals surface area contributed by atoms with Crippen LogP contribution in [0.2, 0.25) is 0 Å². The predicted molar refractivity (Wildman–Crippen MR) is 97.6 cm³/mol. The van der Waals surface area contributed by atoms with Gasteiger partial charge in [0, 0.05) is 4.47 Å². The Morgan fingerprint density at radius 3 is 2.59 bits per heavy atom. The molecule has 138 valence electrons. The fourth-order valence-corrected chi connectivity index (χ4v) is 3.54. The van der Waals surface area contributed by atoms with Crippen molar-refractivity contribution in [2.75, 3.05) is 12.0 Å². The summed E-state index contributed by atoms with van der Waals surface area (Å²) in [4.78, 5) is 26.6. The number of nitrogens with zero attached hydrogens (tertiary/aromatic N) is 4. The molecule has 0 aliphatic carbocycles. The zero-order valence-electron chi connectivity index (χ0n) is 14.2. The summed E-state index contributed by atoms with van der Waals surface area (Å²) in [6.07, 6.45) is 0. The lowest BCUT2D eigenvalue weighted by atomic mass is 10.1. The summed E-state index contributed by atoms with van der Waals surface area (Å²) in [5, 5.41) is 9.51. The van der Waals surface area contributed by atoms with E-state index in [1.165, 1.54) is 29.3 Å². The maximum absolute atomic E-state index is 13.2. The van der Waals surface area contributed by atoms with Crippen molar-refractivity contribution >= 4 is 33.4 Å². The van der Waals surface area contributed by atoms with Gasteiger partial charge in [-0.3, -0.25) is 14.6 Å². The second kappa shape index (κ2) is 6.73. The van der Waals surface area contributed by atoms with Crippen LogP contribution in [0, 0.1) is 5.82 Å². The summed E-state index contributed by atoms with van der Waals surface area (Å²) in [6.45, 7) is 0.277. The second-order valence-corrected chi connectivity index (χ2v) is 6.99. The highest BCUT2D eigenvalue weighted by atomic mass is 79.9. The Kier molecular flexibility index (Phi) is 4.39. The molecule has 2 heterocycles.